The van der Waals surface area contributed by atoms with Gasteiger partial charge in [-0.25, -0.2) is 4.39 Å². The topological polar surface area (TPSA) is 29.6 Å². The molecule has 170 valence electrons. The molecular weight excluding hydrogens is 399 g/mol. The number of nitrogens with zero attached hydrogens (tertiary/aromatic N) is 1. The maximum atomic E-state index is 14.2. The number of hydrogen-bond acceptors (Lipinski definition) is 1. The van der Waals surface area contributed by atoms with Crippen molar-refractivity contribution in [2.45, 2.75) is 57.7 Å². The first-order valence-corrected chi connectivity index (χ1v) is 12.1. The summed E-state index contributed by atoms with van der Waals surface area (Å²) in [5, 5.41) is 10.9. The molecule has 4 heteroatoms. The van der Waals surface area contributed by atoms with Gasteiger partial charge in [0.2, 0.25) is 0 Å². The van der Waals surface area contributed by atoms with Gasteiger partial charge < -0.3 is 14.6 Å². The number of hydrogen-bond donors (Lipinski definition) is 2. The smallest absolute Gasteiger partial charge is 0.128 e. The van der Waals surface area contributed by atoms with E-state index in [4.69, 9.17) is 0 Å². The van der Waals surface area contributed by atoms with Crippen molar-refractivity contribution in [3.05, 3.63) is 95.6 Å². The first-order chi connectivity index (χ1) is 15.7. The van der Waals surface area contributed by atoms with Crippen molar-refractivity contribution >= 4 is 0 Å². The lowest BCUT2D eigenvalue weighted by molar-refractivity contribution is -0.920. The van der Waals surface area contributed by atoms with Crippen molar-refractivity contribution in [1.29, 1.82) is 0 Å². The summed E-state index contributed by atoms with van der Waals surface area (Å²) in [4.78, 5) is 1.42. The van der Waals surface area contributed by atoms with Crippen molar-refractivity contribution in [2.75, 3.05) is 13.1 Å². The molecule has 4 rings (SSSR count). The molecular formula is C28H36FN2O+. The zero-order chi connectivity index (χ0) is 22.2. The molecule has 0 spiro atoms. The SMILES string of the molecule is O[C@H](Cc1ccccc1)C[NH+](Cc1cccn1Cc1ccccc1F)CC1CCCCC1. The minimum Gasteiger partial charge on any atom is -0.387 e. The lowest BCUT2D eigenvalue weighted by Crippen LogP contribution is -3.12. The van der Waals surface area contributed by atoms with Gasteiger partial charge in [-0.2, -0.15) is 0 Å². The summed E-state index contributed by atoms with van der Waals surface area (Å²) in [5.41, 5.74) is 3.09. The van der Waals surface area contributed by atoms with Crippen molar-refractivity contribution in [1.82, 2.24) is 4.57 Å². The average Bonchev–Trinajstić information content (AvgIpc) is 3.23. The average molecular weight is 436 g/mol. The van der Waals surface area contributed by atoms with Gasteiger partial charge in [0, 0.05) is 24.1 Å². The lowest BCUT2D eigenvalue weighted by Gasteiger charge is -2.29. The van der Waals surface area contributed by atoms with Crippen LogP contribution >= 0.6 is 0 Å². The van der Waals surface area contributed by atoms with E-state index in [1.54, 1.807) is 6.07 Å². The number of quaternary nitrogens is 1. The number of halogens is 1. The van der Waals surface area contributed by atoms with Crippen LogP contribution in [0.4, 0.5) is 4.39 Å². The molecule has 3 nitrogen and oxygen atoms in total. The molecule has 2 atom stereocenters. The van der Waals surface area contributed by atoms with E-state index in [9.17, 15) is 9.50 Å². The highest BCUT2D eigenvalue weighted by atomic mass is 19.1. The van der Waals surface area contributed by atoms with Crippen molar-refractivity contribution in [3.8, 4) is 0 Å². The molecule has 1 saturated carbocycles. The van der Waals surface area contributed by atoms with Crippen molar-refractivity contribution in [3.63, 3.8) is 0 Å². The molecule has 1 aromatic heterocycles. The highest BCUT2D eigenvalue weighted by molar-refractivity contribution is 5.19. The Hall–Kier alpha value is -2.43. The van der Waals surface area contributed by atoms with Gasteiger partial charge >= 0.3 is 0 Å². The zero-order valence-corrected chi connectivity index (χ0v) is 18.9. The monoisotopic (exact) mass is 435 g/mol. The summed E-state index contributed by atoms with van der Waals surface area (Å²) in [7, 11) is 0. The summed E-state index contributed by atoms with van der Waals surface area (Å²) < 4.78 is 16.4. The Kier molecular flexibility index (Phi) is 8.13. The Morgan fingerprint density at radius 2 is 1.69 bits per heavy atom. The molecule has 1 fully saturated rings. The van der Waals surface area contributed by atoms with Crippen LogP contribution in [0.15, 0.2) is 72.9 Å². The van der Waals surface area contributed by atoms with Crippen LogP contribution < -0.4 is 4.90 Å². The molecule has 2 aromatic carbocycles. The molecule has 0 amide bonds. The van der Waals surface area contributed by atoms with E-state index >= 15 is 0 Å². The van der Waals surface area contributed by atoms with Gasteiger partial charge in [0.1, 0.15) is 25.0 Å². The molecule has 1 aliphatic carbocycles. The summed E-state index contributed by atoms with van der Waals surface area (Å²) >= 11 is 0. The zero-order valence-electron chi connectivity index (χ0n) is 18.9. The first-order valence-electron chi connectivity index (χ1n) is 12.1. The summed E-state index contributed by atoms with van der Waals surface area (Å²) in [5.74, 6) is 0.578. The minimum atomic E-state index is -0.369. The van der Waals surface area contributed by atoms with Crippen LogP contribution in [0.5, 0.6) is 0 Å². The molecule has 32 heavy (non-hydrogen) atoms. The fourth-order valence-electron chi connectivity index (χ4n) is 5.15. The summed E-state index contributed by atoms with van der Waals surface area (Å²) in [6.07, 6.45) is 8.97. The van der Waals surface area contributed by atoms with Crippen LogP contribution in [-0.2, 0) is 19.5 Å². The van der Waals surface area contributed by atoms with E-state index in [0.29, 0.717) is 18.5 Å². The van der Waals surface area contributed by atoms with E-state index in [1.807, 2.05) is 36.5 Å². The minimum absolute atomic E-state index is 0.156. The van der Waals surface area contributed by atoms with Crippen LogP contribution in [0.25, 0.3) is 0 Å². The van der Waals surface area contributed by atoms with Crippen LogP contribution in [-0.4, -0.2) is 28.9 Å². The molecule has 0 saturated heterocycles. The number of rotatable bonds is 10. The highest BCUT2D eigenvalue weighted by Crippen LogP contribution is 2.22. The van der Waals surface area contributed by atoms with E-state index in [1.165, 1.54) is 54.3 Å². The van der Waals surface area contributed by atoms with Crippen molar-refractivity contribution < 1.29 is 14.4 Å². The fraction of sp³-hybridized carbons (Fsp3) is 0.429. The Morgan fingerprint density at radius 1 is 0.938 bits per heavy atom. The largest absolute Gasteiger partial charge is 0.387 e. The standard InChI is InChI=1S/C28H35FN2O/c29-28-16-8-7-14-25(28)20-31-17-9-15-26(31)21-30(19-24-12-5-2-6-13-24)22-27(32)18-23-10-3-1-4-11-23/h1,3-4,7-11,14-17,24,27,32H,2,5-6,12-13,18-22H2/p+1/t27-/m1/s1. The van der Waals surface area contributed by atoms with Crippen LogP contribution in [0, 0.1) is 11.7 Å². The van der Waals surface area contributed by atoms with Gasteiger partial charge in [0.15, 0.2) is 0 Å². The molecule has 1 unspecified atom stereocenters. The van der Waals surface area contributed by atoms with Crippen LogP contribution in [0.3, 0.4) is 0 Å². The van der Waals surface area contributed by atoms with Gasteiger partial charge in [0.05, 0.1) is 18.8 Å². The van der Waals surface area contributed by atoms with Crippen LogP contribution in [0.1, 0.15) is 48.9 Å². The molecule has 0 bridgehead atoms. The predicted octanol–water partition coefficient (Wildman–Crippen LogP) is 4.24. The lowest BCUT2D eigenvalue weighted by atomic mass is 9.89. The van der Waals surface area contributed by atoms with E-state index < -0.39 is 0 Å². The number of benzene rings is 2. The Balaban J connectivity index is 1.45. The number of nitrogens with one attached hydrogen (secondary N) is 1. The normalized spacial score (nSPS) is 16.7. The third-order valence-electron chi connectivity index (χ3n) is 6.79. The maximum absolute atomic E-state index is 14.2. The molecule has 1 aliphatic rings. The quantitative estimate of drug-likeness (QED) is 0.490. The maximum Gasteiger partial charge on any atom is 0.128 e. The highest BCUT2D eigenvalue weighted by Gasteiger charge is 2.23. The van der Waals surface area contributed by atoms with E-state index in [0.717, 1.165) is 25.6 Å². The first kappa shape index (κ1) is 22.8. The Labute approximate surface area is 191 Å². The van der Waals surface area contributed by atoms with Gasteiger partial charge in [-0.3, -0.25) is 0 Å². The molecule has 3 aromatic rings. The number of aromatic nitrogens is 1. The Bertz CT molecular complexity index is 949. The summed E-state index contributed by atoms with van der Waals surface area (Å²) in [6, 6.07) is 21.5. The van der Waals surface area contributed by atoms with Gasteiger partial charge in [0.25, 0.3) is 0 Å². The second-order valence-corrected chi connectivity index (χ2v) is 9.40. The predicted molar refractivity (Wildman–Crippen MR) is 127 cm³/mol. The molecule has 0 aliphatic heterocycles. The Morgan fingerprint density at radius 3 is 2.47 bits per heavy atom. The van der Waals surface area contributed by atoms with Crippen molar-refractivity contribution in [2.24, 2.45) is 5.92 Å². The fourth-order valence-corrected chi connectivity index (χ4v) is 5.15. The molecule has 2 N–H and O–H groups in total. The van der Waals surface area contributed by atoms with Crippen LogP contribution in [0.2, 0.25) is 0 Å². The molecule has 0 radical (unpaired) electrons. The number of aliphatic hydroxyl groups excluding tert-OH is 1. The third-order valence-corrected chi connectivity index (χ3v) is 6.79. The van der Waals surface area contributed by atoms with Gasteiger partial charge in [-0.15, -0.1) is 0 Å². The van der Waals surface area contributed by atoms with E-state index in [-0.39, 0.29) is 11.9 Å². The van der Waals surface area contributed by atoms with Gasteiger partial charge in [-0.1, -0.05) is 67.8 Å². The van der Waals surface area contributed by atoms with Gasteiger partial charge in [-0.05, 0) is 36.6 Å². The second-order valence-electron chi connectivity index (χ2n) is 9.40. The third kappa shape index (κ3) is 6.54. The van der Waals surface area contributed by atoms with E-state index in [2.05, 4.69) is 28.8 Å². The molecule has 1 heterocycles. The summed E-state index contributed by atoms with van der Waals surface area (Å²) in [6.45, 7) is 3.22. The number of aliphatic hydroxyl groups is 1. The second kappa shape index (κ2) is 11.4.